The van der Waals surface area contributed by atoms with Crippen molar-refractivity contribution in [2.24, 2.45) is 5.92 Å². The van der Waals surface area contributed by atoms with Crippen LogP contribution in [-0.4, -0.2) is 75.3 Å². The zero-order valence-electron chi connectivity index (χ0n) is 27.6. The number of nitrogens with zero attached hydrogens (tertiary/aromatic N) is 6. The molecule has 2 fully saturated rings. The summed E-state index contributed by atoms with van der Waals surface area (Å²) in [6, 6.07) is 11.3. The summed E-state index contributed by atoms with van der Waals surface area (Å²) >= 11 is 0. The van der Waals surface area contributed by atoms with Crippen molar-refractivity contribution in [1.82, 2.24) is 29.6 Å². The molecule has 15 heteroatoms. The largest absolute Gasteiger partial charge is 0.481 e. The van der Waals surface area contributed by atoms with E-state index >= 15 is 0 Å². The number of carboxylic acid groups (broad SMARTS) is 1. The molecule has 0 spiro atoms. The van der Waals surface area contributed by atoms with Crippen LogP contribution in [0.5, 0.6) is 0 Å². The summed E-state index contributed by atoms with van der Waals surface area (Å²) in [6.07, 6.45) is 7.54. The summed E-state index contributed by atoms with van der Waals surface area (Å²) < 4.78 is 57.7. The molecular formula is C35H39F2N7O5S. The molecule has 4 aromatic rings. The van der Waals surface area contributed by atoms with E-state index in [2.05, 4.69) is 25.3 Å². The van der Waals surface area contributed by atoms with Crippen LogP contribution < -0.4 is 10.2 Å². The molecule has 2 aromatic heterocycles. The number of anilines is 1. The number of carboxylic acids is 1. The number of hydrogen-bond acceptors (Lipinski definition) is 9. The van der Waals surface area contributed by atoms with Crippen LogP contribution in [0.1, 0.15) is 68.1 Å². The van der Waals surface area contributed by atoms with E-state index in [1.807, 2.05) is 0 Å². The lowest BCUT2D eigenvalue weighted by molar-refractivity contribution is -0.138. The SMILES string of the molecule is CCC(F)(F)c1ccc(CNC(=O)C2CN(c3cnc4cncnc4n3)CCN2S(=O)(=O)c2ccc(C3CCC(CC(=O)O)CC3)cc2)cc1. The summed E-state index contributed by atoms with van der Waals surface area (Å²) in [5.74, 6) is -3.49. The van der Waals surface area contributed by atoms with Crippen LogP contribution in [0.2, 0.25) is 0 Å². The van der Waals surface area contributed by atoms with Crippen LogP contribution >= 0.6 is 0 Å². The number of nitrogens with one attached hydrogen (secondary N) is 1. The Kier molecular flexibility index (Phi) is 10.3. The number of piperazine rings is 1. The molecule has 50 heavy (non-hydrogen) atoms. The Hall–Kier alpha value is -4.63. The van der Waals surface area contributed by atoms with Gasteiger partial charge in [-0.15, -0.1) is 0 Å². The maximum Gasteiger partial charge on any atom is 0.303 e. The third kappa shape index (κ3) is 7.73. The Morgan fingerprint density at radius 2 is 1.70 bits per heavy atom. The second-order valence-electron chi connectivity index (χ2n) is 12.9. The first-order valence-corrected chi connectivity index (χ1v) is 18.1. The minimum atomic E-state index is -4.13. The van der Waals surface area contributed by atoms with Gasteiger partial charge in [0, 0.05) is 44.6 Å². The molecule has 1 saturated carbocycles. The van der Waals surface area contributed by atoms with Crippen molar-refractivity contribution in [3.63, 3.8) is 0 Å². The minimum Gasteiger partial charge on any atom is -0.481 e. The van der Waals surface area contributed by atoms with Gasteiger partial charge in [-0.25, -0.2) is 37.1 Å². The highest BCUT2D eigenvalue weighted by Crippen LogP contribution is 2.38. The molecule has 6 rings (SSSR count). The van der Waals surface area contributed by atoms with E-state index in [0.29, 0.717) is 22.5 Å². The van der Waals surface area contributed by atoms with E-state index in [1.54, 1.807) is 29.2 Å². The summed E-state index contributed by atoms with van der Waals surface area (Å²) in [6.45, 7) is 1.62. The molecule has 12 nitrogen and oxygen atoms in total. The fraction of sp³-hybridized carbons (Fsp3) is 0.429. The topological polar surface area (TPSA) is 159 Å². The van der Waals surface area contributed by atoms with Gasteiger partial charge in [-0.1, -0.05) is 43.3 Å². The van der Waals surface area contributed by atoms with Crippen LogP contribution in [0.25, 0.3) is 11.2 Å². The van der Waals surface area contributed by atoms with Crippen molar-refractivity contribution in [2.75, 3.05) is 24.5 Å². The molecule has 264 valence electrons. The monoisotopic (exact) mass is 707 g/mol. The lowest BCUT2D eigenvalue weighted by Crippen LogP contribution is -2.60. The fourth-order valence-corrected chi connectivity index (χ4v) is 8.33. The first kappa shape index (κ1) is 35.2. The zero-order chi connectivity index (χ0) is 35.5. The fourth-order valence-electron chi connectivity index (χ4n) is 6.76. The average Bonchev–Trinajstić information content (AvgIpc) is 3.13. The molecule has 2 N–H and O–H groups in total. The van der Waals surface area contributed by atoms with E-state index < -0.39 is 33.9 Å². The number of fused-ring (bicyclic) bond motifs is 1. The number of rotatable bonds is 11. The molecule has 1 atom stereocenters. The lowest BCUT2D eigenvalue weighted by atomic mass is 9.77. The van der Waals surface area contributed by atoms with E-state index in [-0.39, 0.29) is 61.3 Å². The van der Waals surface area contributed by atoms with Gasteiger partial charge in [0.25, 0.3) is 5.92 Å². The van der Waals surface area contributed by atoms with Crippen molar-refractivity contribution < 1.29 is 31.9 Å². The number of aromatic nitrogens is 4. The number of halogens is 2. The Morgan fingerprint density at radius 3 is 2.38 bits per heavy atom. The van der Waals surface area contributed by atoms with Crippen LogP contribution in [0.3, 0.4) is 0 Å². The molecule has 0 bridgehead atoms. The summed E-state index contributed by atoms with van der Waals surface area (Å²) in [5.41, 5.74) is 2.32. The summed E-state index contributed by atoms with van der Waals surface area (Å²) in [7, 11) is -4.13. The molecule has 1 amide bonds. The van der Waals surface area contributed by atoms with Gasteiger partial charge in [-0.05, 0) is 60.8 Å². The maximum atomic E-state index is 14.1. The molecule has 1 aliphatic carbocycles. The van der Waals surface area contributed by atoms with E-state index in [4.69, 9.17) is 5.11 Å². The molecule has 1 saturated heterocycles. The van der Waals surface area contributed by atoms with Crippen molar-refractivity contribution >= 4 is 38.9 Å². The Bertz CT molecular complexity index is 1940. The summed E-state index contributed by atoms with van der Waals surface area (Å²) in [5, 5.41) is 11.9. The normalized spacial score (nSPS) is 20.5. The Labute approximate surface area is 289 Å². The van der Waals surface area contributed by atoms with E-state index in [1.165, 1.54) is 54.2 Å². The first-order valence-electron chi connectivity index (χ1n) is 16.7. The van der Waals surface area contributed by atoms with Gasteiger partial charge < -0.3 is 15.3 Å². The number of carbonyl (C=O) groups is 2. The van der Waals surface area contributed by atoms with E-state index in [0.717, 1.165) is 31.2 Å². The predicted molar refractivity (Wildman–Crippen MR) is 181 cm³/mol. The van der Waals surface area contributed by atoms with Crippen LogP contribution in [-0.2, 0) is 32.1 Å². The van der Waals surface area contributed by atoms with Gasteiger partial charge in [0.1, 0.15) is 23.7 Å². The Morgan fingerprint density at radius 1 is 0.980 bits per heavy atom. The smallest absolute Gasteiger partial charge is 0.303 e. The van der Waals surface area contributed by atoms with Gasteiger partial charge in [-0.2, -0.15) is 4.31 Å². The molecule has 1 aliphatic heterocycles. The van der Waals surface area contributed by atoms with Crippen molar-refractivity contribution in [2.45, 2.75) is 74.8 Å². The van der Waals surface area contributed by atoms with E-state index in [9.17, 15) is 26.8 Å². The first-order chi connectivity index (χ1) is 23.9. The number of carbonyl (C=O) groups excluding carboxylic acids is 1. The third-order valence-corrected chi connectivity index (χ3v) is 11.6. The molecule has 3 heterocycles. The molecule has 1 unspecified atom stereocenters. The quantitative estimate of drug-likeness (QED) is 0.220. The van der Waals surface area contributed by atoms with Gasteiger partial charge in [0.05, 0.1) is 17.3 Å². The highest BCUT2D eigenvalue weighted by atomic mass is 32.2. The molecule has 0 radical (unpaired) electrons. The minimum absolute atomic E-state index is 0.0112. The van der Waals surface area contributed by atoms with Crippen molar-refractivity contribution in [3.05, 3.63) is 83.9 Å². The number of sulfonamides is 1. The van der Waals surface area contributed by atoms with Crippen LogP contribution in [0.15, 0.2) is 72.1 Å². The van der Waals surface area contributed by atoms with Gasteiger partial charge in [0.2, 0.25) is 15.9 Å². The second-order valence-corrected chi connectivity index (χ2v) is 14.8. The highest BCUT2D eigenvalue weighted by molar-refractivity contribution is 7.89. The van der Waals surface area contributed by atoms with Gasteiger partial charge in [-0.3, -0.25) is 9.59 Å². The Balaban J connectivity index is 1.21. The zero-order valence-corrected chi connectivity index (χ0v) is 28.4. The molecule has 2 aromatic carbocycles. The standard InChI is InChI=1S/C35H39F2N7O5S/c1-2-35(36,37)27-11-5-24(6-12-27)18-40-34(47)30-21-43(31-20-39-29-19-38-22-41-33(29)42-31)15-16-44(30)50(48,49)28-13-9-26(10-14-28)25-7-3-23(4-8-25)17-32(45)46/h5-6,9-14,19-20,22-23,25,30H,2-4,7-8,15-18,21H2,1H3,(H,40,47)(H,45,46). The number of aliphatic carboxylic acids is 1. The summed E-state index contributed by atoms with van der Waals surface area (Å²) in [4.78, 5) is 43.8. The van der Waals surface area contributed by atoms with Gasteiger partial charge >= 0.3 is 5.97 Å². The number of benzene rings is 2. The highest BCUT2D eigenvalue weighted by Gasteiger charge is 2.41. The number of hydrogen-bond donors (Lipinski definition) is 2. The maximum absolute atomic E-state index is 14.1. The molecular weight excluding hydrogens is 668 g/mol. The second kappa shape index (κ2) is 14.7. The van der Waals surface area contributed by atoms with Crippen LogP contribution in [0, 0.1) is 5.92 Å². The van der Waals surface area contributed by atoms with Crippen molar-refractivity contribution in [1.29, 1.82) is 0 Å². The van der Waals surface area contributed by atoms with Crippen LogP contribution in [0.4, 0.5) is 14.6 Å². The predicted octanol–water partition coefficient (Wildman–Crippen LogP) is 4.87. The average molecular weight is 708 g/mol. The third-order valence-electron chi connectivity index (χ3n) is 9.73. The lowest BCUT2D eigenvalue weighted by Gasteiger charge is -2.40. The van der Waals surface area contributed by atoms with Gasteiger partial charge in [0.15, 0.2) is 5.65 Å². The number of alkyl halides is 2. The molecule has 2 aliphatic rings. The van der Waals surface area contributed by atoms with Crippen molar-refractivity contribution in [3.8, 4) is 0 Å². The number of amides is 1.